The topological polar surface area (TPSA) is 24.4 Å². The highest BCUT2D eigenvalue weighted by Crippen LogP contribution is 2.22. The van der Waals surface area contributed by atoms with Crippen LogP contribution in [0.15, 0.2) is 4.99 Å². The highest BCUT2D eigenvalue weighted by molar-refractivity contribution is 6.28. The van der Waals surface area contributed by atoms with Crippen molar-refractivity contribution in [2.75, 3.05) is 12.4 Å². The van der Waals surface area contributed by atoms with Crippen LogP contribution in [0.5, 0.6) is 0 Å². The molecule has 0 spiro atoms. The van der Waals surface area contributed by atoms with Gasteiger partial charge in [0.2, 0.25) is 0 Å². The van der Waals surface area contributed by atoms with E-state index < -0.39 is 0 Å². The van der Waals surface area contributed by atoms with Crippen LogP contribution >= 0.6 is 11.6 Å². The standard InChI is InChI=1S/C9H17ClN2/c1-9(2,3)4-7-6-11-8(5-10)12-7/h7H,4-6H2,1-3H3,(H,11,12). The molecule has 0 amide bonds. The van der Waals surface area contributed by atoms with Gasteiger partial charge in [-0.15, -0.1) is 11.6 Å². The zero-order chi connectivity index (χ0) is 9.19. The Bertz CT molecular complexity index is 181. The molecule has 1 atom stereocenters. The van der Waals surface area contributed by atoms with Gasteiger partial charge in [-0.05, 0) is 11.8 Å². The molecule has 1 aliphatic rings. The third kappa shape index (κ3) is 3.02. The lowest BCUT2D eigenvalue weighted by molar-refractivity contribution is 0.336. The van der Waals surface area contributed by atoms with Crippen LogP contribution < -0.4 is 5.32 Å². The molecule has 1 heterocycles. The van der Waals surface area contributed by atoms with E-state index in [2.05, 4.69) is 31.1 Å². The first-order valence-corrected chi connectivity index (χ1v) is 4.90. The van der Waals surface area contributed by atoms with Crippen molar-refractivity contribution >= 4 is 17.4 Å². The van der Waals surface area contributed by atoms with Gasteiger partial charge in [0.05, 0.1) is 12.4 Å². The Balaban J connectivity index is 2.32. The summed E-state index contributed by atoms with van der Waals surface area (Å²) >= 11 is 5.65. The summed E-state index contributed by atoms with van der Waals surface area (Å²) < 4.78 is 0. The first kappa shape index (κ1) is 9.85. The van der Waals surface area contributed by atoms with E-state index in [9.17, 15) is 0 Å². The quantitative estimate of drug-likeness (QED) is 0.659. The van der Waals surface area contributed by atoms with E-state index >= 15 is 0 Å². The predicted octanol–water partition coefficient (Wildman–Crippen LogP) is 2.03. The molecule has 1 aliphatic heterocycles. The monoisotopic (exact) mass is 188 g/mol. The molecule has 0 aromatic carbocycles. The minimum atomic E-state index is 0.370. The highest BCUT2D eigenvalue weighted by Gasteiger charge is 2.22. The number of alkyl halides is 1. The Morgan fingerprint density at radius 1 is 1.58 bits per heavy atom. The molecule has 1 unspecified atom stereocenters. The number of hydrogen-bond acceptors (Lipinski definition) is 2. The molecule has 0 saturated carbocycles. The lowest BCUT2D eigenvalue weighted by Gasteiger charge is -2.22. The summed E-state index contributed by atoms with van der Waals surface area (Å²) in [6, 6.07) is 0.499. The van der Waals surface area contributed by atoms with E-state index in [0.29, 0.717) is 17.3 Å². The van der Waals surface area contributed by atoms with Gasteiger partial charge in [0.1, 0.15) is 5.84 Å². The van der Waals surface area contributed by atoms with Gasteiger partial charge < -0.3 is 5.32 Å². The Hall–Kier alpha value is -0.240. The lowest BCUT2D eigenvalue weighted by Crippen LogP contribution is -2.34. The number of amidine groups is 1. The van der Waals surface area contributed by atoms with Crippen molar-refractivity contribution in [1.29, 1.82) is 0 Å². The molecule has 0 saturated heterocycles. The van der Waals surface area contributed by atoms with Gasteiger partial charge >= 0.3 is 0 Å². The zero-order valence-corrected chi connectivity index (χ0v) is 8.78. The highest BCUT2D eigenvalue weighted by atomic mass is 35.5. The Morgan fingerprint density at radius 3 is 2.67 bits per heavy atom. The van der Waals surface area contributed by atoms with Gasteiger partial charge in [-0.3, -0.25) is 4.99 Å². The smallest absolute Gasteiger partial charge is 0.112 e. The predicted molar refractivity (Wildman–Crippen MR) is 54.0 cm³/mol. The molecular formula is C9H17ClN2. The molecule has 70 valence electrons. The lowest BCUT2D eigenvalue weighted by atomic mass is 9.88. The molecule has 12 heavy (non-hydrogen) atoms. The number of nitrogens with zero attached hydrogens (tertiary/aromatic N) is 1. The first-order valence-electron chi connectivity index (χ1n) is 4.37. The molecule has 0 bridgehead atoms. The van der Waals surface area contributed by atoms with Crippen molar-refractivity contribution in [3.8, 4) is 0 Å². The number of aliphatic imine (C=N–C) groups is 1. The second kappa shape index (κ2) is 3.65. The van der Waals surface area contributed by atoms with Crippen LogP contribution in [0, 0.1) is 5.41 Å². The maximum absolute atomic E-state index is 5.65. The van der Waals surface area contributed by atoms with Crippen LogP contribution in [0.2, 0.25) is 0 Å². The first-order chi connectivity index (χ1) is 5.51. The summed E-state index contributed by atoms with van der Waals surface area (Å²) in [6.07, 6.45) is 1.15. The van der Waals surface area contributed by atoms with Crippen molar-refractivity contribution in [2.24, 2.45) is 10.4 Å². The van der Waals surface area contributed by atoms with E-state index in [1.165, 1.54) is 0 Å². The van der Waals surface area contributed by atoms with Gasteiger partial charge in [-0.1, -0.05) is 20.8 Å². The number of hydrogen-bond donors (Lipinski definition) is 1. The largest absolute Gasteiger partial charge is 0.368 e. The third-order valence-electron chi connectivity index (χ3n) is 1.86. The van der Waals surface area contributed by atoms with E-state index in [1.807, 2.05) is 0 Å². The molecule has 1 N–H and O–H groups in total. The molecule has 0 aliphatic carbocycles. The Labute approximate surface area is 79.4 Å². The van der Waals surface area contributed by atoms with Crippen LogP contribution in [0.1, 0.15) is 27.2 Å². The minimum absolute atomic E-state index is 0.370. The zero-order valence-electron chi connectivity index (χ0n) is 8.02. The van der Waals surface area contributed by atoms with Gasteiger partial charge in [-0.2, -0.15) is 0 Å². The van der Waals surface area contributed by atoms with E-state index in [1.54, 1.807) is 0 Å². The van der Waals surface area contributed by atoms with Gasteiger partial charge in [0.25, 0.3) is 0 Å². The van der Waals surface area contributed by atoms with Crippen molar-refractivity contribution < 1.29 is 0 Å². The maximum atomic E-state index is 5.65. The number of halogens is 1. The van der Waals surface area contributed by atoms with Crippen LogP contribution in [0.3, 0.4) is 0 Å². The van der Waals surface area contributed by atoms with Crippen LogP contribution in [-0.4, -0.2) is 24.3 Å². The Kier molecular flexibility index (Phi) is 2.99. The van der Waals surface area contributed by atoms with Crippen molar-refractivity contribution in [3.05, 3.63) is 0 Å². The van der Waals surface area contributed by atoms with E-state index in [-0.39, 0.29) is 0 Å². The fourth-order valence-corrected chi connectivity index (χ4v) is 1.64. The fraction of sp³-hybridized carbons (Fsp3) is 0.889. The number of rotatable bonds is 2. The average Bonchev–Trinajstić information content (AvgIpc) is 2.32. The second-order valence-corrected chi connectivity index (χ2v) is 4.79. The summed E-state index contributed by atoms with van der Waals surface area (Å²) in [4.78, 5) is 4.29. The molecule has 1 rings (SSSR count). The summed E-state index contributed by atoms with van der Waals surface area (Å²) in [5.41, 5.74) is 0.370. The van der Waals surface area contributed by atoms with E-state index in [0.717, 1.165) is 18.8 Å². The molecule has 2 nitrogen and oxygen atoms in total. The van der Waals surface area contributed by atoms with Crippen LogP contribution in [-0.2, 0) is 0 Å². The third-order valence-corrected chi connectivity index (χ3v) is 2.11. The molecule has 0 radical (unpaired) electrons. The summed E-state index contributed by atoms with van der Waals surface area (Å²) in [5, 5.41) is 3.32. The van der Waals surface area contributed by atoms with Gasteiger partial charge in [0, 0.05) is 6.04 Å². The SMILES string of the molecule is CC(C)(C)CC1CN=C(CCl)N1. The van der Waals surface area contributed by atoms with Crippen LogP contribution in [0.25, 0.3) is 0 Å². The maximum Gasteiger partial charge on any atom is 0.112 e. The van der Waals surface area contributed by atoms with Crippen molar-refractivity contribution in [1.82, 2.24) is 5.32 Å². The van der Waals surface area contributed by atoms with Gasteiger partial charge in [-0.25, -0.2) is 0 Å². The fourth-order valence-electron chi connectivity index (χ4n) is 1.48. The molecule has 3 heteroatoms. The number of nitrogens with one attached hydrogen (secondary N) is 1. The Morgan fingerprint density at radius 2 is 2.25 bits per heavy atom. The molecule has 0 aromatic rings. The van der Waals surface area contributed by atoms with E-state index in [4.69, 9.17) is 11.6 Å². The van der Waals surface area contributed by atoms with Crippen molar-refractivity contribution in [2.45, 2.75) is 33.2 Å². The molecular weight excluding hydrogens is 172 g/mol. The average molecular weight is 189 g/mol. The minimum Gasteiger partial charge on any atom is -0.368 e. The summed E-state index contributed by atoms with van der Waals surface area (Å²) in [7, 11) is 0. The molecule has 0 aromatic heterocycles. The summed E-state index contributed by atoms with van der Waals surface area (Å²) in [5.74, 6) is 1.46. The van der Waals surface area contributed by atoms with Crippen LogP contribution in [0.4, 0.5) is 0 Å². The molecule has 0 fully saturated rings. The summed E-state index contributed by atoms with van der Waals surface area (Å²) in [6.45, 7) is 7.62. The normalized spacial score (nSPS) is 23.7. The second-order valence-electron chi connectivity index (χ2n) is 4.53. The van der Waals surface area contributed by atoms with Crippen molar-refractivity contribution in [3.63, 3.8) is 0 Å². The van der Waals surface area contributed by atoms with Gasteiger partial charge in [0.15, 0.2) is 0 Å².